The van der Waals surface area contributed by atoms with Gasteiger partial charge in [-0.15, -0.1) is 0 Å². The molecule has 2 rings (SSSR count). The molecule has 0 radical (unpaired) electrons. The van der Waals surface area contributed by atoms with Gasteiger partial charge in [-0.2, -0.15) is 0 Å². The fourth-order valence-electron chi connectivity index (χ4n) is 1.79. The van der Waals surface area contributed by atoms with E-state index < -0.39 is 0 Å². The number of nitrogens with zero attached hydrogens (tertiary/aromatic N) is 1. The molecule has 1 aromatic carbocycles. The zero-order valence-electron chi connectivity index (χ0n) is 11.1. The second-order valence-corrected chi connectivity index (χ2v) is 4.43. The van der Waals surface area contributed by atoms with Gasteiger partial charge in [0.05, 0.1) is 5.56 Å². The minimum Gasteiger partial charge on any atom is -0.322 e. The van der Waals surface area contributed by atoms with Crippen molar-refractivity contribution in [2.75, 3.05) is 12.4 Å². The van der Waals surface area contributed by atoms with Crippen molar-refractivity contribution in [1.82, 2.24) is 10.3 Å². The Morgan fingerprint density at radius 1 is 1.21 bits per heavy atom. The average molecular weight is 255 g/mol. The number of hydrogen-bond donors (Lipinski definition) is 2. The predicted molar refractivity (Wildman–Crippen MR) is 76.1 cm³/mol. The topological polar surface area (TPSA) is 54.0 Å². The lowest BCUT2D eigenvalue weighted by Crippen LogP contribution is -2.12. The van der Waals surface area contributed by atoms with Gasteiger partial charge in [0.25, 0.3) is 5.91 Å². The highest BCUT2D eigenvalue weighted by molar-refractivity contribution is 6.04. The van der Waals surface area contributed by atoms with Crippen molar-refractivity contribution in [2.45, 2.75) is 13.5 Å². The Morgan fingerprint density at radius 3 is 2.58 bits per heavy atom. The standard InChI is InChI=1S/C15H17N3O/c1-11-7-13(10-17-8-11)15(19)18-14-5-3-12(4-6-14)9-16-2/h3-8,10,16H,9H2,1-2H3,(H,18,19). The number of nitrogens with one attached hydrogen (secondary N) is 2. The van der Waals surface area contributed by atoms with E-state index in [1.807, 2.05) is 44.3 Å². The van der Waals surface area contributed by atoms with E-state index in [1.165, 1.54) is 5.56 Å². The third-order valence-corrected chi connectivity index (χ3v) is 2.73. The molecule has 4 nitrogen and oxygen atoms in total. The monoisotopic (exact) mass is 255 g/mol. The predicted octanol–water partition coefficient (Wildman–Crippen LogP) is 2.36. The Balaban J connectivity index is 2.06. The first kappa shape index (κ1) is 13.2. The molecule has 2 aromatic rings. The molecule has 0 aliphatic carbocycles. The second kappa shape index (κ2) is 6.11. The minimum absolute atomic E-state index is 0.141. The van der Waals surface area contributed by atoms with Crippen LogP contribution in [0.4, 0.5) is 5.69 Å². The summed E-state index contributed by atoms with van der Waals surface area (Å²) in [5, 5.41) is 5.94. The maximum Gasteiger partial charge on any atom is 0.257 e. The van der Waals surface area contributed by atoms with Gasteiger partial charge in [-0.05, 0) is 43.3 Å². The van der Waals surface area contributed by atoms with Crippen LogP contribution in [0.2, 0.25) is 0 Å². The van der Waals surface area contributed by atoms with E-state index in [-0.39, 0.29) is 5.91 Å². The number of anilines is 1. The number of rotatable bonds is 4. The lowest BCUT2D eigenvalue weighted by atomic mass is 10.2. The average Bonchev–Trinajstić information content (AvgIpc) is 2.41. The first-order valence-electron chi connectivity index (χ1n) is 6.15. The van der Waals surface area contributed by atoms with Crippen LogP contribution in [0.25, 0.3) is 0 Å². The van der Waals surface area contributed by atoms with Crippen LogP contribution in [0.3, 0.4) is 0 Å². The zero-order chi connectivity index (χ0) is 13.7. The van der Waals surface area contributed by atoms with Gasteiger partial charge in [-0.1, -0.05) is 12.1 Å². The van der Waals surface area contributed by atoms with Gasteiger partial charge in [0.1, 0.15) is 0 Å². The van der Waals surface area contributed by atoms with E-state index in [0.717, 1.165) is 17.8 Å². The molecule has 0 fully saturated rings. The van der Waals surface area contributed by atoms with Crippen LogP contribution < -0.4 is 10.6 Å². The lowest BCUT2D eigenvalue weighted by Gasteiger charge is -2.06. The van der Waals surface area contributed by atoms with E-state index in [4.69, 9.17) is 0 Å². The summed E-state index contributed by atoms with van der Waals surface area (Å²) in [6.45, 7) is 2.73. The quantitative estimate of drug-likeness (QED) is 0.881. The maximum absolute atomic E-state index is 12.0. The number of aryl methyl sites for hydroxylation is 1. The molecule has 0 bridgehead atoms. The number of pyridine rings is 1. The zero-order valence-corrected chi connectivity index (χ0v) is 11.1. The van der Waals surface area contributed by atoms with Crippen molar-refractivity contribution < 1.29 is 4.79 Å². The molecule has 1 amide bonds. The van der Waals surface area contributed by atoms with Crippen LogP contribution in [0.15, 0.2) is 42.7 Å². The van der Waals surface area contributed by atoms with E-state index in [1.54, 1.807) is 12.4 Å². The minimum atomic E-state index is -0.141. The molecule has 98 valence electrons. The van der Waals surface area contributed by atoms with Crippen molar-refractivity contribution in [2.24, 2.45) is 0 Å². The molecule has 0 saturated heterocycles. The highest BCUT2D eigenvalue weighted by Gasteiger charge is 2.06. The van der Waals surface area contributed by atoms with Gasteiger partial charge in [-0.25, -0.2) is 0 Å². The molecule has 1 heterocycles. The Labute approximate surface area is 112 Å². The van der Waals surface area contributed by atoms with Gasteiger partial charge in [-0.3, -0.25) is 9.78 Å². The van der Waals surface area contributed by atoms with Crippen LogP contribution in [0.1, 0.15) is 21.5 Å². The molecule has 0 unspecified atom stereocenters. The van der Waals surface area contributed by atoms with E-state index in [9.17, 15) is 4.79 Å². The molecule has 0 aliphatic heterocycles. The summed E-state index contributed by atoms with van der Waals surface area (Å²) in [5.41, 5.74) is 3.50. The van der Waals surface area contributed by atoms with Crippen LogP contribution in [0, 0.1) is 6.92 Å². The smallest absolute Gasteiger partial charge is 0.257 e. The van der Waals surface area contributed by atoms with Crippen LogP contribution >= 0.6 is 0 Å². The lowest BCUT2D eigenvalue weighted by molar-refractivity contribution is 0.102. The van der Waals surface area contributed by atoms with E-state index in [0.29, 0.717) is 5.56 Å². The third-order valence-electron chi connectivity index (χ3n) is 2.73. The first-order chi connectivity index (χ1) is 9.19. The van der Waals surface area contributed by atoms with Crippen LogP contribution in [-0.4, -0.2) is 17.9 Å². The van der Waals surface area contributed by atoms with Crippen molar-refractivity contribution in [3.8, 4) is 0 Å². The van der Waals surface area contributed by atoms with Crippen molar-refractivity contribution in [3.63, 3.8) is 0 Å². The fraction of sp³-hybridized carbons (Fsp3) is 0.200. The summed E-state index contributed by atoms with van der Waals surface area (Å²) in [6.07, 6.45) is 3.29. The molecular formula is C15H17N3O. The molecule has 19 heavy (non-hydrogen) atoms. The van der Waals surface area contributed by atoms with Crippen molar-refractivity contribution in [3.05, 3.63) is 59.4 Å². The summed E-state index contributed by atoms with van der Waals surface area (Å²) in [7, 11) is 1.90. The molecule has 0 spiro atoms. The molecule has 0 atom stereocenters. The fourth-order valence-corrected chi connectivity index (χ4v) is 1.79. The number of benzene rings is 1. The Bertz CT molecular complexity index is 564. The first-order valence-corrected chi connectivity index (χ1v) is 6.15. The molecular weight excluding hydrogens is 238 g/mol. The summed E-state index contributed by atoms with van der Waals surface area (Å²) < 4.78 is 0. The number of hydrogen-bond acceptors (Lipinski definition) is 3. The molecule has 0 saturated carbocycles. The van der Waals surface area contributed by atoms with Crippen molar-refractivity contribution >= 4 is 11.6 Å². The normalized spacial score (nSPS) is 10.2. The van der Waals surface area contributed by atoms with Gasteiger partial charge in [0.2, 0.25) is 0 Å². The highest BCUT2D eigenvalue weighted by Crippen LogP contribution is 2.11. The number of amides is 1. The van der Waals surface area contributed by atoms with Gasteiger partial charge in [0, 0.05) is 24.6 Å². The Morgan fingerprint density at radius 2 is 1.95 bits per heavy atom. The van der Waals surface area contributed by atoms with Gasteiger partial charge in [0.15, 0.2) is 0 Å². The Hall–Kier alpha value is -2.20. The number of aromatic nitrogens is 1. The molecule has 2 N–H and O–H groups in total. The van der Waals surface area contributed by atoms with Crippen LogP contribution in [-0.2, 0) is 6.54 Å². The maximum atomic E-state index is 12.0. The summed E-state index contributed by atoms with van der Waals surface area (Å²) in [6, 6.07) is 9.58. The van der Waals surface area contributed by atoms with Crippen LogP contribution in [0.5, 0.6) is 0 Å². The summed E-state index contributed by atoms with van der Waals surface area (Å²) in [5.74, 6) is -0.141. The Kier molecular flexibility index (Phi) is 4.26. The summed E-state index contributed by atoms with van der Waals surface area (Å²) in [4.78, 5) is 16.0. The van der Waals surface area contributed by atoms with Crippen molar-refractivity contribution in [1.29, 1.82) is 0 Å². The van der Waals surface area contributed by atoms with E-state index in [2.05, 4.69) is 15.6 Å². The third kappa shape index (κ3) is 3.63. The SMILES string of the molecule is CNCc1ccc(NC(=O)c2cncc(C)c2)cc1. The molecule has 4 heteroatoms. The molecule has 1 aromatic heterocycles. The number of carbonyl (C=O) groups excluding carboxylic acids is 1. The summed E-state index contributed by atoms with van der Waals surface area (Å²) >= 11 is 0. The van der Waals surface area contributed by atoms with E-state index >= 15 is 0 Å². The van der Waals surface area contributed by atoms with Gasteiger partial charge < -0.3 is 10.6 Å². The molecule has 0 aliphatic rings. The largest absolute Gasteiger partial charge is 0.322 e. The number of carbonyl (C=O) groups is 1. The second-order valence-electron chi connectivity index (χ2n) is 4.43. The van der Waals surface area contributed by atoms with Gasteiger partial charge >= 0.3 is 0 Å². The highest BCUT2D eigenvalue weighted by atomic mass is 16.1.